The van der Waals surface area contributed by atoms with Crippen LogP contribution in [0.5, 0.6) is 11.5 Å². The van der Waals surface area contributed by atoms with Gasteiger partial charge in [0, 0.05) is 12.0 Å². The van der Waals surface area contributed by atoms with Crippen LogP contribution in [-0.2, 0) is 17.8 Å². The fourth-order valence-corrected chi connectivity index (χ4v) is 3.61. The maximum atomic E-state index is 12.9. The molecule has 0 unspecified atom stereocenters. The summed E-state index contributed by atoms with van der Waals surface area (Å²) in [7, 11) is 3.08. The number of aromatic nitrogens is 1. The van der Waals surface area contributed by atoms with Gasteiger partial charge in [-0.2, -0.15) is 0 Å². The van der Waals surface area contributed by atoms with Gasteiger partial charge in [-0.25, -0.2) is 9.78 Å². The summed E-state index contributed by atoms with van der Waals surface area (Å²) < 4.78 is 16.6. The summed E-state index contributed by atoms with van der Waals surface area (Å²) in [6.45, 7) is -0.106. The zero-order valence-electron chi connectivity index (χ0n) is 17.0. The lowest BCUT2D eigenvalue weighted by molar-refractivity contribution is -0.377. The van der Waals surface area contributed by atoms with Crippen LogP contribution in [0.15, 0.2) is 54.9 Å². The summed E-state index contributed by atoms with van der Waals surface area (Å²) in [5.41, 5.74) is 2.40. The Morgan fingerprint density at radius 3 is 2.23 bits per heavy atom. The highest BCUT2D eigenvalue weighted by Gasteiger charge is 2.24. The molecular formula is C23H22Cl2NO5+. The number of H-pyrrole nitrogens is 1. The molecule has 0 saturated heterocycles. The van der Waals surface area contributed by atoms with Crippen LogP contribution in [0.4, 0.5) is 0 Å². The fourth-order valence-electron chi connectivity index (χ4n) is 3.08. The highest BCUT2D eigenvalue weighted by Crippen LogP contribution is 2.35. The third-order valence-electron chi connectivity index (χ3n) is 4.79. The topological polar surface area (TPSA) is 79.1 Å². The van der Waals surface area contributed by atoms with E-state index in [0.29, 0.717) is 43.8 Å². The van der Waals surface area contributed by atoms with Gasteiger partial charge in [0.25, 0.3) is 0 Å². The number of hydrogen-bond acceptors (Lipinski definition) is 5. The van der Waals surface area contributed by atoms with Crippen LogP contribution in [0.3, 0.4) is 0 Å². The van der Waals surface area contributed by atoms with Crippen molar-refractivity contribution in [3.8, 4) is 11.5 Å². The predicted octanol–water partition coefficient (Wildman–Crippen LogP) is 4.46. The van der Waals surface area contributed by atoms with Gasteiger partial charge in [-0.1, -0.05) is 41.4 Å². The number of esters is 1. The van der Waals surface area contributed by atoms with Gasteiger partial charge in [0.15, 0.2) is 23.9 Å². The Kier molecular flexibility index (Phi) is 7.74. The molecule has 1 aromatic heterocycles. The summed E-state index contributed by atoms with van der Waals surface area (Å²) in [5.74, 6) is 0.548. The van der Waals surface area contributed by atoms with Crippen LogP contribution in [0.2, 0.25) is 10.0 Å². The van der Waals surface area contributed by atoms with Crippen molar-refractivity contribution in [2.24, 2.45) is 0 Å². The zero-order valence-corrected chi connectivity index (χ0v) is 18.5. The molecule has 0 aliphatic rings. The van der Waals surface area contributed by atoms with E-state index in [1.165, 1.54) is 7.11 Å². The third kappa shape index (κ3) is 5.47. The van der Waals surface area contributed by atoms with Crippen LogP contribution in [-0.4, -0.2) is 25.3 Å². The van der Waals surface area contributed by atoms with Gasteiger partial charge < -0.3 is 19.3 Å². The standard InChI is InChI=1S/C23H21Cl2NO5/c1-29-20-8-7-16(9-22(20)30-2)21(10-17-18(24)11-26-12-19(17)25)31-23(28)15-5-3-14(13-27)4-6-15/h3-9,11-12,21,27H,10,13H2,1-2H3/p+1/t21-/m0/s1. The van der Waals surface area contributed by atoms with Gasteiger partial charge in [0.05, 0.1) is 26.4 Å². The Bertz CT molecular complexity index is 1040. The second-order valence-corrected chi connectivity index (χ2v) is 7.51. The molecule has 31 heavy (non-hydrogen) atoms. The van der Waals surface area contributed by atoms with Gasteiger partial charge in [-0.05, 0) is 35.4 Å². The minimum absolute atomic E-state index is 0.106. The van der Waals surface area contributed by atoms with Crippen LogP contribution in [0, 0.1) is 0 Å². The van der Waals surface area contributed by atoms with E-state index in [4.69, 9.17) is 37.4 Å². The largest absolute Gasteiger partial charge is 0.493 e. The summed E-state index contributed by atoms with van der Waals surface area (Å²) in [6, 6.07) is 11.8. The van der Waals surface area contributed by atoms with Crippen molar-refractivity contribution in [2.75, 3.05) is 14.2 Å². The van der Waals surface area contributed by atoms with Crippen molar-refractivity contribution in [3.63, 3.8) is 0 Å². The molecule has 0 spiro atoms. The minimum Gasteiger partial charge on any atom is -0.493 e. The Hall–Kier alpha value is -2.80. The lowest BCUT2D eigenvalue weighted by Crippen LogP contribution is -2.15. The number of carbonyl (C=O) groups excluding carboxylic acids is 1. The summed E-state index contributed by atoms with van der Waals surface area (Å²) >= 11 is 12.7. The lowest BCUT2D eigenvalue weighted by atomic mass is 10.0. The highest BCUT2D eigenvalue weighted by molar-refractivity contribution is 6.35. The molecule has 3 aromatic rings. The molecule has 0 amide bonds. The van der Waals surface area contributed by atoms with E-state index in [2.05, 4.69) is 4.98 Å². The fraction of sp³-hybridized carbons (Fsp3) is 0.217. The zero-order chi connectivity index (χ0) is 22.4. The first-order valence-corrected chi connectivity index (χ1v) is 10.2. The monoisotopic (exact) mass is 462 g/mol. The number of pyridine rings is 1. The number of rotatable bonds is 8. The molecule has 0 aliphatic heterocycles. The Morgan fingerprint density at radius 1 is 1.00 bits per heavy atom. The van der Waals surface area contributed by atoms with Crippen LogP contribution in [0.1, 0.15) is 33.2 Å². The number of nitrogens with one attached hydrogen (secondary N) is 1. The molecule has 2 N–H and O–H groups in total. The van der Waals surface area contributed by atoms with E-state index in [1.807, 2.05) is 0 Å². The number of hydrogen-bond donors (Lipinski definition) is 1. The van der Waals surface area contributed by atoms with E-state index >= 15 is 0 Å². The van der Waals surface area contributed by atoms with Crippen molar-refractivity contribution in [2.45, 2.75) is 19.1 Å². The maximum Gasteiger partial charge on any atom is 0.338 e. The molecule has 0 fully saturated rings. The number of methoxy groups -OCH3 is 2. The first-order valence-electron chi connectivity index (χ1n) is 9.43. The first-order chi connectivity index (χ1) is 15.0. The van der Waals surface area contributed by atoms with Gasteiger partial charge >= 0.3 is 5.97 Å². The number of aliphatic hydroxyl groups is 1. The van der Waals surface area contributed by atoms with Crippen molar-refractivity contribution >= 4 is 29.2 Å². The molecule has 0 radical (unpaired) electrons. The van der Waals surface area contributed by atoms with Gasteiger partial charge in [-0.15, -0.1) is 0 Å². The number of carbonyl (C=O) groups is 1. The molecule has 0 bridgehead atoms. The van der Waals surface area contributed by atoms with Gasteiger partial charge in [-0.3, -0.25) is 0 Å². The van der Waals surface area contributed by atoms with Gasteiger partial charge in [0.2, 0.25) is 0 Å². The summed E-state index contributed by atoms with van der Waals surface area (Å²) in [5, 5.41) is 10.1. The molecular weight excluding hydrogens is 441 g/mol. The molecule has 3 rings (SSSR count). The molecule has 162 valence electrons. The van der Waals surface area contributed by atoms with Crippen LogP contribution >= 0.6 is 23.2 Å². The molecule has 1 atom stereocenters. The number of aliphatic hydroxyl groups excluding tert-OH is 1. The van der Waals surface area contributed by atoms with Crippen LogP contribution < -0.4 is 14.5 Å². The smallest absolute Gasteiger partial charge is 0.338 e. The van der Waals surface area contributed by atoms with E-state index in [1.54, 1.807) is 62.0 Å². The molecule has 2 aromatic carbocycles. The Morgan fingerprint density at radius 2 is 1.65 bits per heavy atom. The SMILES string of the molecule is COc1ccc([C@H](Cc2c(Cl)c[nH+]cc2Cl)OC(=O)c2ccc(CO)cc2)cc1OC. The quantitative estimate of drug-likeness (QED) is 0.500. The Balaban J connectivity index is 1.96. The first kappa shape index (κ1) is 22.9. The number of halogens is 2. The average Bonchev–Trinajstić information content (AvgIpc) is 2.80. The van der Waals surface area contributed by atoms with E-state index < -0.39 is 12.1 Å². The highest BCUT2D eigenvalue weighted by atomic mass is 35.5. The van der Waals surface area contributed by atoms with E-state index in [0.717, 1.165) is 0 Å². The predicted molar refractivity (Wildman–Crippen MR) is 117 cm³/mol. The average molecular weight is 463 g/mol. The summed E-state index contributed by atoms with van der Waals surface area (Å²) in [6.07, 6.45) is 2.79. The third-order valence-corrected chi connectivity index (χ3v) is 5.46. The van der Waals surface area contributed by atoms with Crippen molar-refractivity contribution in [1.82, 2.24) is 0 Å². The molecule has 8 heteroatoms. The Labute approximate surface area is 190 Å². The van der Waals surface area contributed by atoms with E-state index in [-0.39, 0.29) is 13.0 Å². The molecule has 6 nitrogen and oxygen atoms in total. The lowest BCUT2D eigenvalue weighted by Gasteiger charge is -2.20. The van der Waals surface area contributed by atoms with Crippen molar-refractivity contribution in [1.29, 1.82) is 0 Å². The van der Waals surface area contributed by atoms with E-state index in [9.17, 15) is 9.90 Å². The second kappa shape index (κ2) is 10.5. The van der Waals surface area contributed by atoms with Crippen molar-refractivity contribution in [3.05, 3.63) is 87.2 Å². The normalized spacial score (nSPS) is 11.6. The number of ether oxygens (including phenoxy) is 3. The molecule has 0 aliphatic carbocycles. The summed E-state index contributed by atoms with van der Waals surface area (Å²) in [4.78, 5) is 15.7. The molecule has 0 saturated carbocycles. The second-order valence-electron chi connectivity index (χ2n) is 6.70. The van der Waals surface area contributed by atoms with Crippen molar-refractivity contribution < 1.29 is 29.1 Å². The van der Waals surface area contributed by atoms with Crippen LogP contribution in [0.25, 0.3) is 0 Å². The number of benzene rings is 2. The maximum absolute atomic E-state index is 12.9. The minimum atomic E-state index is -0.692. The number of aromatic amines is 1. The molecule has 1 heterocycles. The van der Waals surface area contributed by atoms with Gasteiger partial charge in [0.1, 0.15) is 16.1 Å².